The Morgan fingerprint density at radius 3 is 2.77 bits per heavy atom. The van der Waals surface area contributed by atoms with E-state index < -0.39 is 0 Å². The molecule has 0 fully saturated rings. The SMILES string of the molecule is Cc1cc(F)cc2c(I)cncc12. The Kier molecular flexibility index (Phi) is 2.19. The molecular formula is C10H7FIN. The summed E-state index contributed by atoms with van der Waals surface area (Å²) in [6, 6.07) is 3.08. The highest BCUT2D eigenvalue weighted by Crippen LogP contribution is 2.23. The van der Waals surface area contributed by atoms with Gasteiger partial charge in [-0.3, -0.25) is 4.98 Å². The fourth-order valence-corrected chi connectivity index (χ4v) is 1.98. The number of rotatable bonds is 0. The fraction of sp³-hybridized carbons (Fsp3) is 0.100. The summed E-state index contributed by atoms with van der Waals surface area (Å²) in [5.74, 6) is -0.186. The molecule has 0 N–H and O–H groups in total. The van der Waals surface area contributed by atoms with Crippen molar-refractivity contribution in [3.63, 3.8) is 0 Å². The molecule has 0 bridgehead atoms. The van der Waals surface area contributed by atoms with Gasteiger partial charge in [-0.25, -0.2) is 4.39 Å². The standard InChI is InChI=1S/C10H7FIN/c1-6-2-7(11)3-8-9(6)4-13-5-10(8)12/h2-5H,1H3. The van der Waals surface area contributed by atoms with E-state index in [1.165, 1.54) is 6.07 Å². The lowest BCUT2D eigenvalue weighted by Crippen LogP contribution is -1.86. The highest BCUT2D eigenvalue weighted by Gasteiger charge is 2.03. The fourth-order valence-electron chi connectivity index (χ4n) is 1.37. The zero-order valence-electron chi connectivity index (χ0n) is 7.01. The Balaban J connectivity index is 2.94. The van der Waals surface area contributed by atoms with E-state index in [-0.39, 0.29) is 5.82 Å². The van der Waals surface area contributed by atoms with Crippen LogP contribution in [0.5, 0.6) is 0 Å². The van der Waals surface area contributed by atoms with E-state index in [0.717, 1.165) is 19.9 Å². The number of hydrogen-bond acceptors (Lipinski definition) is 1. The smallest absolute Gasteiger partial charge is 0.124 e. The molecule has 0 saturated carbocycles. The van der Waals surface area contributed by atoms with Crippen molar-refractivity contribution in [1.82, 2.24) is 4.98 Å². The maximum absolute atomic E-state index is 13.1. The van der Waals surface area contributed by atoms with Gasteiger partial charge in [-0.05, 0) is 47.2 Å². The number of nitrogens with zero attached hydrogens (tertiary/aromatic N) is 1. The van der Waals surface area contributed by atoms with Crippen molar-refractivity contribution >= 4 is 33.4 Å². The van der Waals surface area contributed by atoms with Gasteiger partial charge in [0.2, 0.25) is 0 Å². The molecular weight excluding hydrogens is 280 g/mol. The minimum atomic E-state index is -0.186. The summed E-state index contributed by atoms with van der Waals surface area (Å²) in [5, 5.41) is 1.96. The Morgan fingerprint density at radius 2 is 2.00 bits per heavy atom. The van der Waals surface area contributed by atoms with E-state index >= 15 is 0 Å². The third-order valence-electron chi connectivity index (χ3n) is 2.00. The quantitative estimate of drug-likeness (QED) is 0.678. The lowest BCUT2D eigenvalue weighted by Gasteiger charge is -2.03. The van der Waals surface area contributed by atoms with Crippen LogP contribution in [-0.2, 0) is 0 Å². The van der Waals surface area contributed by atoms with Gasteiger partial charge in [0.1, 0.15) is 5.82 Å². The van der Waals surface area contributed by atoms with Crippen molar-refractivity contribution < 1.29 is 4.39 Å². The molecule has 0 amide bonds. The molecule has 1 aromatic carbocycles. The largest absolute Gasteiger partial charge is 0.263 e. The molecule has 3 heteroatoms. The van der Waals surface area contributed by atoms with Gasteiger partial charge in [-0.15, -0.1) is 0 Å². The summed E-state index contributed by atoms with van der Waals surface area (Å²) < 4.78 is 14.0. The van der Waals surface area contributed by atoms with Gasteiger partial charge in [0.15, 0.2) is 0 Å². The van der Waals surface area contributed by atoms with Crippen LogP contribution in [-0.4, -0.2) is 4.98 Å². The molecule has 0 spiro atoms. The molecule has 0 atom stereocenters. The first-order valence-corrected chi connectivity index (χ1v) is 4.96. The van der Waals surface area contributed by atoms with E-state index in [0.29, 0.717) is 0 Å². The highest BCUT2D eigenvalue weighted by atomic mass is 127. The van der Waals surface area contributed by atoms with Crippen molar-refractivity contribution in [3.8, 4) is 0 Å². The lowest BCUT2D eigenvalue weighted by molar-refractivity contribution is 0.628. The minimum absolute atomic E-state index is 0.186. The van der Waals surface area contributed by atoms with Gasteiger partial charge in [-0.1, -0.05) is 0 Å². The zero-order chi connectivity index (χ0) is 9.42. The second-order valence-corrected chi connectivity index (χ2v) is 4.10. The molecule has 0 aliphatic rings. The van der Waals surface area contributed by atoms with Crippen LogP contribution in [0.25, 0.3) is 10.8 Å². The van der Waals surface area contributed by atoms with E-state index in [1.54, 1.807) is 18.5 Å². The Labute approximate surface area is 89.1 Å². The van der Waals surface area contributed by atoms with Crippen LogP contribution in [0.1, 0.15) is 5.56 Å². The average molecular weight is 287 g/mol. The third kappa shape index (κ3) is 1.52. The Morgan fingerprint density at radius 1 is 1.23 bits per heavy atom. The van der Waals surface area contributed by atoms with Crippen LogP contribution in [0.2, 0.25) is 0 Å². The molecule has 2 rings (SSSR count). The van der Waals surface area contributed by atoms with Crippen LogP contribution < -0.4 is 0 Å². The Hall–Kier alpha value is -0.710. The molecule has 0 aliphatic carbocycles. The highest BCUT2D eigenvalue weighted by molar-refractivity contribution is 14.1. The summed E-state index contributed by atoms with van der Waals surface area (Å²) in [6.45, 7) is 1.89. The molecule has 1 heterocycles. The molecule has 1 aromatic heterocycles. The molecule has 1 nitrogen and oxygen atoms in total. The van der Waals surface area contributed by atoms with Crippen LogP contribution in [0.15, 0.2) is 24.5 Å². The molecule has 0 radical (unpaired) electrons. The average Bonchev–Trinajstić information content (AvgIpc) is 2.07. The number of hydrogen-bond donors (Lipinski definition) is 0. The van der Waals surface area contributed by atoms with Gasteiger partial charge in [0.05, 0.1) is 0 Å². The number of pyridine rings is 1. The summed E-state index contributed by atoms with van der Waals surface area (Å²) >= 11 is 2.16. The van der Waals surface area contributed by atoms with Crippen molar-refractivity contribution in [1.29, 1.82) is 0 Å². The minimum Gasteiger partial charge on any atom is -0.263 e. The van der Waals surface area contributed by atoms with Crippen molar-refractivity contribution in [3.05, 3.63) is 39.5 Å². The molecule has 0 unspecified atom stereocenters. The van der Waals surface area contributed by atoms with Crippen LogP contribution in [0.3, 0.4) is 0 Å². The lowest BCUT2D eigenvalue weighted by atomic mass is 10.1. The number of benzene rings is 1. The molecule has 13 heavy (non-hydrogen) atoms. The van der Waals surface area contributed by atoms with Crippen LogP contribution in [0.4, 0.5) is 4.39 Å². The summed E-state index contributed by atoms with van der Waals surface area (Å²) in [6.07, 6.45) is 3.51. The molecule has 2 aromatic rings. The van der Waals surface area contributed by atoms with Crippen LogP contribution >= 0.6 is 22.6 Å². The Bertz CT molecular complexity index is 468. The summed E-state index contributed by atoms with van der Waals surface area (Å²) in [7, 11) is 0. The maximum Gasteiger partial charge on any atom is 0.124 e. The van der Waals surface area contributed by atoms with E-state index in [1.807, 2.05) is 6.92 Å². The molecule has 66 valence electrons. The second kappa shape index (κ2) is 3.21. The van der Waals surface area contributed by atoms with Crippen molar-refractivity contribution in [2.24, 2.45) is 0 Å². The predicted octanol–water partition coefficient (Wildman–Crippen LogP) is 3.29. The zero-order valence-corrected chi connectivity index (χ0v) is 9.17. The number of aromatic nitrogens is 1. The monoisotopic (exact) mass is 287 g/mol. The van der Waals surface area contributed by atoms with Gasteiger partial charge in [-0.2, -0.15) is 0 Å². The molecule has 0 saturated heterocycles. The second-order valence-electron chi connectivity index (χ2n) is 2.94. The first-order valence-electron chi connectivity index (χ1n) is 3.88. The van der Waals surface area contributed by atoms with Crippen LogP contribution in [0, 0.1) is 16.3 Å². The van der Waals surface area contributed by atoms with Crippen molar-refractivity contribution in [2.75, 3.05) is 0 Å². The number of aryl methyl sites for hydroxylation is 1. The normalized spacial score (nSPS) is 10.7. The topological polar surface area (TPSA) is 12.9 Å². The van der Waals surface area contributed by atoms with Gasteiger partial charge >= 0.3 is 0 Å². The first-order chi connectivity index (χ1) is 6.18. The number of halogens is 2. The number of fused-ring (bicyclic) bond motifs is 1. The van der Waals surface area contributed by atoms with Crippen molar-refractivity contribution in [2.45, 2.75) is 6.92 Å². The maximum atomic E-state index is 13.1. The molecule has 0 aliphatic heterocycles. The summed E-state index contributed by atoms with van der Waals surface area (Å²) in [4.78, 5) is 4.07. The predicted molar refractivity (Wildman–Crippen MR) is 59.2 cm³/mol. The van der Waals surface area contributed by atoms with Gasteiger partial charge < -0.3 is 0 Å². The van der Waals surface area contributed by atoms with E-state index in [9.17, 15) is 4.39 Å². The van der Waals surface area contributed by atoms with Gasteiger partial charge in [0, 0.05) is 26.7 Å². The third-order valence-corrected chi connectivity index (χ3v) is 2.86. The first kappa shape index (κ1) is 8.87. The van der Waals surface area contributed by atoms with Gasteiger partial charge in [0.25, 0.3) is 0 Å². The summed E-state index contributed by atoms with van der Waals surface area (Å²) in [5.41, 5.74) is 0.931. The van der Waals surface area contributed by atoms with E-state index in [2.05, 4.69) is 27.6 Å². The van der Waals surface area contributed by atoms with E-state index in [4.69, 9.17) is 0 Å².